The van der Waals surface area contributed by atoms with E-state index in [9.17, 15) is 19.2 Å². The standard InChI is InChI=1S/C28H31N5O5/c1-2-38-26(35)17-24(22-11-7-14-29-18-22)33-25(34)19-31-27(36)21-10-6-12-23(16-21)32-28(37)30-15-13-20-8-4-3-5-9-20/h3-12,14,16,18,24H,2,13,15,17,19H2,1H3,(H,31,36)(H,33,34)(H2,30,32,37). The van der Waals surface area contributed by atoms with Gasteiger partial charge in [-0.05, 0) is 48.7 Å². The molecule has 0 aliphatic rings. The van der Waals surface area contributed by atoms with E-state index in [1.54, 1.807) is 49.6 Å². The number of hydrogen-bond donors (Lipinski definition) is 4. The lowest BCUT2D eigenvalue weighted by molar-refractivity contribution is -0.143. The van der Waals surface area contributed by atoms with Crippen molar-refractivity contribution in [3.8, 4) is 0 Å². The lowest BCUT2D eigenvalue weighted by Crippen LogP contribution is -2.39. The van der Waals surface area contributed by atoms with Gasteiger partial charge in [0.1, 0.15) is 0 Å². The molecule has 10 nitrogen and oxygen atoms in total. The Kier molecular flexibility index (Phi) is 10.8. The Labute approximate surface area is 221 Å². The van der Waals surface area contributed by atoms with Crippen LogP contribution in [0.5, 0.6) is 0 Å². The molecule has 0 aliphatic heterocycles. The minimum atomic E-state index is -0.653. The molecule has 1 heterocycles. The van der Waals surface area contributed by atoms with Gasteiger partial charge in [0, 0.05) is 30.2 Å². The van der Waals surface area contributed by atoms with E-state index in [1.165, 1.54) is 6.07 Å². The summed E-state index contributed by atoms with van der Waals surface area (Å²) in [5, 5.41) is 10.8. The summed E-state index contributed by atoms with van der Waals surface area (Å²) < 4.78 is 5.00. The monoisotopic (exact) mass is 517 g/mol. The number of ether oxygens (including phenoxy) is 1. The van der Waals surface area contributed by atoms with Crippen molar-refractivity contribution >= 4 is 29.5 Å². The van der Waals surface area contributed by atoms with Crippen LogP contribution in [0.3, 0.4) is 0 Å². The molecule has 4 N–H and O–H groups in total. The lowest BCUT2D eigenvalue weighted by atomic mass is 10.1. The third-order valence-corrected chi connectivity index (χ3v) is 5.43. The second kappa shape index (κ2) is 14.7. The first-order valence-corrected chi connectivity index (χ1v) is 12.3. The largest absolute Gasteiger partial charge is 0.466 e. The molecule has 0 radical (unpaired) electrons. The number of amides is 4. The fraction of sp³-hybridized carbons (Fsp3) is 0.250. The van der Waals surface area contributed by atoms with E-state index < -0.39 is 23.8 Å². The summed E-state index contributed by atoms with van der Waals surface area (Å²) in [5.74, 6) is -1.43. The van der Waals surface area contributed by atoms with Gasteiger partial charge >= 0.3 is 12.0 Å². The highest BCUT2D eigenvalue weighted by atomic mass is 16.5. The summed E-state index contributed by atoms with van der Waals surface area (Å²) in [7, 11) is 0. The number of benzene rings is 2. The molecular weight excluding hydrogens is 486 g/mol. The second-order valence-electron chi connectivity index (χ2n) is 8.30. The molecule has 0 aliphatic carbocycles. The first kappa shape index (κ1) is 27.9. The fourth-order valence-electron chi connectivity index (χ4n) is 3.61. The van der Waals surface area contributed by atoms with Crippen molar-refractivity contribution < 1.29 is 23.9 Å². The third-order valence-electron chi connectivity index (χ3n) is 5.43. The summed E-state index contributed by atoms with van der Waals surface area (Å²) in [6.07, 6.45) is 3.77. The van der Waals surface area contributed by atoms with Gasteiger partial charge in [0.25, 0.3) is 5.91 Å². The molecule has 38 heavy (non-hydrogen) atoms. The molecule has 4 amide bonds. The normalized spacial score (nSPS) is 11.1. The van der Waals surface area contributed by atoms with Crippen LogP contribution < -0.4 is 21.3 Å². The molecule has 3 aromatic rings. The summed E-state index contributed by atoms with van der Waals surface area (Å²) in [5.41, 5.74) is 2.46. The van der Waals surface area contributed by atoms with Crippen molar-refractivity contribution in [2.45, 2.75) is 25.8 Å². The first-order valence-electron chi connectivity index (χ1n) is 12.3. The molecule has 0 bridgehead atoms. The van der Waals surface area contributed by atoms with E-state index in [0.29, 0.717) is 24.2 Å². The highest BCUT2D eigenvalue weighted by Crippen LogP contribution is 2.16. The summed E-state index contributed by atoms with van der Waals surface area (Å²) >= 11 is 0. The van der Waals surface area contributed by atoms with Crippen molar-refractivity contribution in [3.05, 3.63) is 95.8 Å². The Morgan fingerprint density at radius 3 is 2.50 bits per heavy atom. The fourth-order valence-corrected chi connectivity index (χ4v) is 3.61. The number of nitrogens with zero attached hydrogens (tertiary/aromatic N) is 1. The van der Waals surface area contributed by atoms with E-state index in [2.05, 4.69) is 26.3 Å². The minimum Gasteiger partial charge on any atom is -0.466 e. The van der Waals surface area contributed by atoms with Crippen LogP contribution >= 0.6 is 0 Å². The van der Waals surface area contributed by atoms with Gasteiger partial charge in [0.05, 0.1) is 25.6 Å². The Balaban J connectivity index is 1.49. The van der Waals surface area contributed by atoms with Crippen molar-refractivity contribution in [1.29, 1.82) is 0 Å². The molecule has 10 heteroatoms. The van der Waals surface area contributed by atoms with Gasteiger partial charge in [-0.2, -0.15) is 0 Å². The minimum absolute atomic E-state index is 0.0691. The van der Waals surface area contributed by atoms with E-state index in [-0.39, 0.29) is 31.2 Å². The average Bonchev–Trinajstić information content (AvgIpc) is 2.92. The van der Waals surface area contributed by atoms with E-state index in [4.69, 9.17) is 4.74 Å². The zero-order valence-corrected chi connectivity index (χ0v) is 21.1. The van der Waals surface area contributed by atoms with Gasteiger partial charge in [-0.15, -0.1) is 0 Å². The third kappa shape index (κ3) is 9.38. The molecule has 0 saturated carbocycles. The number of aromatic nitrogens is 1. The van der Waals surface area contributed by atoms with Crippen LogP contribution in [0.2, 0.25) is 0 Å². The van der Waals surface area contributed by atoms with Crippen molar-refractivity contribution in [3.63, 3.8) is 0 Å². The predicted octanol–water partition coefficient (Wildman–Crippen LogP) is 2.99. The number of urea groups is 1. The van der Waals surface area contributed by atoms with Gasteiger partial charge in [0.15, 0.2) is 0 Å². The predicted molar refractivity (Wildman–Crippen MR) is 142 cm³/mol. The number of rotatable bonds is 12. The molecular formula is C28H31N5O5. The van der Waals surface area contributed by atoms with Crippen LogP contribution in [0.15, 0.2) is 79.1 Å². The molecule has 0 fully saturated rings. The molecule has 2 aromatic carbocycles. The van der Waals surface area contributed by atoms with Crippen molar-refractivity contribution in [1.82, 2.24) is 20.9 Å². The van der Waals surface area contributed by atoms with E-state index >= 15 is 0 Å². The van der Waals surface area contributed by atoms with Gasteiger partial charge < -0.3 is 26.0 Å². The smallest absolute Gasteiger partial charge is 0.319 e. The quantitative estimate of drug-likeness (QED) is 0.273. The molecule has 1 unspecified atom stereocenters. The maximum atomic E-state index is 12.6. The van der Waals surface area contributed by atoms with Crippen LogP contribution in [0.1, 0.15) is 40.9 Å². The number of pyridine rings is 1. The Bertz CT molecular complexity index is 1220. The highest BCUT2D eigenvalue weighted by molar-refractivity contribution is 5.98. The molecule has 0 saturated heterocycles. The van der Waals surface area contributed by atoms with Gasteiger partial charge in [-0.25, -0.2) is 4.79 Å². The number of nitrogens with one attached hydrogen (secondary N) is 4. The summed E-state index contributed by atoms with van der Waals surface area (Å²) in [6, 6.07) is 18.6. The van der Waals surface area contributed by atoms with Crippen molar-refractivity contribution in [2.24, 2.45) is 0 Å². The number of anilines is 1. The number of carbonyl (C=O) groups is 4. The van der Waals surface area contributed by atoms with Crippen LogP contribution in [0.25, 0.3) is 0 Å². The Morgan fingerprint density at radius 1 is 0.947 bits per heavy atom. The van der Waals surface area contributed by atoms with Crippen LogP contribution in [0.4, 0.5) is 10.5 Å². The van der Waals surface area contributed by atoms with Gasteiger partial charge in [-0.1, -0.05) is 42.5 Å². The lowest BCUT2D eigenvalue weighted by Gasteiger charge is -2.18. The topological polar surface area (TPSA) is 139 Å². The number of hydrogen-bond acceptors (Lipinski definition) is 6. The SMILES string of the molecule is CCOC(=O)CC(NC(=O)CNC(=O)c1cccc(NC(=O)NCCc2ccccc2)c1)c1cccnc1. The molecule has 1 atom stereocenters. The van der Waals surface area contributed by atoms with Crippen LogP contribution in [-0.4, -0.2) is 48.5 Å². The van der Waals surface area contributed by atoms with E-state index in [1.807, 2.05) is 30.3 Å². The second-order valence-corrected chi connectivity index (χ2v) is 8.30. The van der Waals surface area contributed by atoms with Gasteiger partial charge in [0.2, 0.25) is 5.91 Å². The zero-order valence-electron chi connectivity index (χ0n) is 21.1. The molecule has 198 valence electrons. The van der Waals surface area contributed by atoms with E-state index in [0.717, 1.165) is 5.56 Å². The highest BCUT2D eigenvalue weighted by Gasteiger charge is 2.20. The number of carbonyl (C=O) groups excluding carboxylic acids is 4. The van der Waals surface area contributed by atoms with Gasteiger partial charge in [-0.3, -0.25) is 19.4 Å². The van der Waals surface area contributed by atoms with Crippen LogP contribution in [-0.2, 0) is 20.7 Å². The maximum absolute atomic E-state index is 12.6. The van der Waals surface area contributed by atoms with Crippen molar-refractivity contribution in [2.75, 3.05) is 25.0 Å². The average molecular weight is 518 g/mol. The van der Waals surface area contributed by atoms with Crippen LogP contribution in [0, 0.1) is 0 Å². The summed E-state index contributed by atoms with van der Waals surface area (Å²) in [4.78, 5) is 53.4. The molecule has 1 aromatic heterocycles. The molecule has 0 spiro atoms. The number of esters is 1. The zero-order chi connectivity index (χ0) is 27.2. The summed E-state index contributed by atoms with van der Waals surface area (Å²) in [6.45, 7) is 2.08. The molecule has 3 rings (SSSR count). The Morgan fingerprint density at radius 2 is 1.76 bits per heavy atom. The Hall–Kier alpha value is -4.73. The first-order chi connectivity index (χ1) is 18.4. The maximum Gasteiger partial charge on any atom is 0.319 e.